The summed E-state index contributed by atoms with van der Waals surface area (Å²) in [7, 11) is -1.45. The van der Waals surface area contributed by atoms with E-state index in [-0.39, 0.29) is 34.9 Å². The van der Waals surface area contributed by atoms with Crippen molar-refractivity contribution in [3.63, 3.8) is 0 Å². The van der Waals surface area contributed by atoms with Gasteiger partial charge in [0.15, 0.2) is 15.8 Å². The molecule has 160 valence electrons. The van der Waals surface area contributed by atoms with E-state index >= 15 is 0 Å². The molecule has 2 N–H and O–H groups in total. The van der Waals surface area contributed by atoms with Gasteiger partial charge in [0, 0.05) is 19.3 Å². The molecule has 0 aromatic heterocycles. The van der Waals surface area contributed by atoms with Gasteiger partial charge in [-0.05, 0) is 49.6 Å². The van der Waals surface area contributed by atoms with Crippen molar-refractivity contribution >= 4 is 39.8 Å². The first-order valence-electron chi connectivity index (χ1n) is 9.32. The summed E-state index contributed by atoms with van der Waals surface area (Å²) >= 11 is 0. The number of aryl methyl sites for hydroxylation is 1. The Morgan fingerprint density at radius 1 is 1.10 bits per heavy atom. The van der Waals surface area contributed by atoms with Crippen LogP contribution in [0.25, 0.3) is 0 Å². The van der Waals surface area contributed by atoms with E-state index in [1.807, 2.05) is 6.07 Å². The summed E-state index contributed by atoms with van der Waals surface area (Å²) in [4.78, 5) is 4.52. The molecule has 29 heavy (non-hydrogen) atoms. The molecular weight excluding hydrogens is 501 g/mol. The molecule has 0 aliphatic carbocycles. The van der Waals surface area contributed by atoms with Crippen molar-refractivity contribution < 1.29 is 13.2 Å². The fourth-order valence-corrected chi connectivity index (χ4v) is 3.28. The van der Waals surface area contributed by atoms with E-state index in [2.05, 4.69) is 46.8 Å². The van der Waals surface area contributed by atoms with Crippen molar-refractivity contribution in [3.05, 3.63) is 60.2 Å². The third-order valence-electron chi connectivity index (χ3n) is 4.23. The number of rotatable bonds is 9. The minimum Gasteiger partial charge on any atom is -0.492 e. The highest BCUT2D eigenvalue weighted by Crippen LogP contribution is 2.15. The highest BCUT2D eigenvalue weighted by molar-refractivity contribution is 14.0. The van der Waals surface area contributed by atoms with Crippen LogP contribution in [-0.4, -0.2) is 46.9 Å². The summed E-state index contributed by atoms with van der Waals surface area (Å²) in [5.74, 6) is 1.37. The number of sulfone groups is 1. The average Bonchev–Trinajstić information content (AvgIpc) is 2.69. The van der Waals surface area contributed by atoms with Gasteiger partial charge in [0.2, 0.25) is 0 Å². The Kier molecular flexibility index (Phi) is 11.0. The minimum atomic E-state index is -3.19. The Hall–Kier alpha value is -1.81. The van der Waals surface area contributed by atoms with Gasteiger partial charge in [0.05, 0.1) is 11.4 Å². The van der Waals surface area contributed by atoms with Crippen LogP contribution >= 0.6 is 24.0 Å². The van der Waals surface area contributed by atoms with E-state index in [9.17, 15) is 8.42 Å². The predicted octanol–water partition coefficient (Wildman–Crippen LogP) is 3.27. The topological polar surface area (TPSA) is 79.8 Å². The monoisotopic (exact) mass is 531 g/mol. The smallest absolute Gasteiger partial charge is 0.191 e. The third kappa shape index (κ3) is 9.49. The van der Waals surface area contributed by atoms with E-state index in [1.54, 1.807) is 31.3 Å². The normalized spacial score (nSPS) is 12.6. The summed E-state index contributed by atoms with van der Waals surface area (Å²) in [6, 6.07) is 17.1. The summed E-state index contributed by atoms with van der Waals surface area (Å²) in [6.45, 7) is 3.16. The molecule has 2 rings (SSSR count). The van der Waals surface area contributed by atoms with Crippen molar-refractivity contribution in [1.29, 1.82) is 0 Å². The molecule has 0 amide bonds. The summed E-state index contributed by atoms with van der Waals surface area (Å²) in [5, 5.41) is 6.60. The van der Waals surface area contributed by atoms with Gasteiger partial charge >= 0.3 is 0 Å². The zero-order valence-electron chi connectivity index (χ0n) is 17.1. The quantitative estimate of drug-likeness (QED) is 0.225. The van der Waals surface area contributed by atoms with Gasteiger partial charge in [-0.2, -0.15) is 0 Å². The van der Waals surface area contributed by atoms with Crippen molar-refractivity contribution in [2.45, 2.75) is 30.7 Å². The second-order valence-electron chi connectivity index (χ2n) is 6.66. The predicted molar refractivity (Wildman–Crippen MR) is 129 cm³/mol. The summed E-state index contributed by atoms with van der Waals surface area (Å²) in [5.41, 5.74) is 1.33. The zero-order chi connectivity index (χ0) is 20.4. The highest BCUT2D eigenvalue weighted by atomic mass is 127. The number of ether oxygens (including phenoxy) is 1. The van der Waals surface area contributed by atoms with Crippen LogP contribution in [0, 0.1) is 0 Å². The van der Waals surface area contributed by atoms with Crippen LogP contribution in [-0.2, 0) is 16.3 Å². The molecule has 2 aromatic rings. The number of hydrogen-bond acceptors (Lipinski definition) is 4. The molecule has 0 spiro atoms. The van der Waals surface area contributed by atoms with Crippen LogP contribution in [0.5, 0.6) is 5.75 Å². The Balaban J connectivity index is 0.00000420. The minimum absolute atomic E-state index is 0. The summed E-state index contributed by atoms with van der Waals surface area (Å²) < 4.78 is 28.6. The molecule has 0 aliphatic heterocycles. The number of nitrogens with one attached hydrogen (secondary N) is 2. The van der Waals surface area contributed by atoms with Crippen molar-refractivity contribution in [1.82, 2.24) is 10.6 Å². The first-order chi connectivity index (χ1) is 13.4. The lowest BCUT2D eigenvalue weighted by Gasteiger charge is -2.18. The van der Waals surface area contributed by atoms with Crippen molar-refractivity contribution in [2.24, 2.45) is 4.99 Å². The second-order valence-corrected chi connectivity index (χ2v) is 8.68. The van der Waals surface area contributed by atoms with E-state index < -0.39 is 9.84 Å². The molecule has 1 atom stereocenters. The zero-order valence-corrected chi connectivity index (χ0v) is 20.2. The maximum Gasteiger partial charge on any atom is 0.191 e. The Labute approximate surface area is 191 Å². The maximum atomic E-state index is 11.5. The van der Waals surface area contributed by atoms with E-state index in [0.717, 1.165) is 18.8 Å². The standard InChI is InChI=1S/C21H29N3O3S.HI/c1-17(9-10-18-7-5-4-6-8-18)24-21(22-2)23-15-16-27-19-11-13-20(14-12-19)28(3,25)26;/h4-8,11-14,17H,9-10,15-16H2,1-3H3,(H2,22,23,24);1H. The molecule has 0 aliphatic rings. The first kappa shape index (κ1) is 25.2. The van der Waals surface area contributed by atoms with Crippen molar-refractivity contribution in [2.75, 3.05) is 26.5 Å². The third-order valence-corrected chi connectivity index (χ3v) is 5.36. The van der Waals surface area contributed by atoms with Gasteiger partial charge in [-0.1, -0.05) is 30.3 Å². The Morgan fingerprint density at radius 3 is 2.34 bits per heavy atom. The van der Waals surface area contributed by atoms with Crippen LogP contribution in [0.3, 0.4) is 0 Å². The van der Waals surface area contributed by atoms with E-state index in [4.69, 9.17) is 4.74 Å². The van der Waals surface area contributed by atoms with Gasteiger partial charge in [-0.3, -0.25) is 4.99 Å². The molecule has 0 radical (unpaired) electrons. The molecule has 0 heterocycles. The van der Waals surface area contributed by atoms with E-state index in [1.165, 1.54) is 11.8 Å². The van der Waals surface area contributed by atoms with Crippen LogP contribution in [0.15, 0.2) is 64.5 Å². The van der Waals surface area contributed by atoms with Gasteiger partial charge in [0.1, 0.15) is 12.4 Å². The van der Waals surface area contributed by atoms with E-state index in [0.29, 0.717) is 18.9 Å². The SMILES string of the molecule is CN=C(NCCOc1ccc(S(C)(=O)=O)cc1)NC(C)CCc1ccccc1.I. The molecular formula is C21H30IN3O3S. The molecule has 6 nitrogen and oxygen atoms in total. The second kappa shape index (κ2) is 12.7. The van der Waals surface area contributed by atoms with Crippen LogP contribution in [0.1, 0.15) is 18.9 Å². The van der Waals surface area contributed by atoms with Crippen molar-refractivity contribution in [3.8, 4) is 5.75 Å². The maximum absolute atomic E-state index is 11.5. The lowest BCUT2D eigenvalue weighted by Crippen LogP contribution is -2.43. The summed E-state index contributed by atoms with van der Waals surface area (Å²) in [6.07, 6.45) is 3.21. The molecule has 2 aromatic carbocycles. The molecule has 0 bridgehead atoms. The van der Waals surface area contributed by atoms with Gasteiger partial charge < -0.3 is 15.4 Å². The number of nitrogens with zero attached hydrogens (tertiary/aromatic N) is 1. The number of guanidine groups is 1. The first-order valence-corrected chi connectivity index (χ1v) is 11.2. The molecule has 8 heteroatoms. The number of hydrogen-bond donors (Lipinski definition) is 2. The average molecular weight is 531 g/mol. The number of benzene rings is 2. The van der Waals surface area contributed by atoms with Crippen LogP contribution in [0.4, 0.5) is 0 Å². The molecule has 1 unspecified atom stereocenters. The molecule has 0 saturated heterocycles. The largest absolute Gasteiger partial charge is 0.492 e. The highest BCUT2D eigenvalue weighted by Gasteiger charge is 2.07. The lowest BCUT2D eigenvalue weighted by atomic mass is 10.1. The Bertz CT molecular complexity index is 856. The van der Waals surface area contributed by atoms with Gasteiger partial charge in [-0.15, -0.1) is 24.0 Å². The van der Waals surface area contributed by atoms with Crippen LogP contribution < -0.4 is 15.4 Å². The lowest BCUT2D eigenvalue weighted by molar-refractivity contribution is 0.321. The molecule has 0 fully saturated rings. The fraction of sp³-hybridized carbons (Fsp3) is 0.381. The van der Waals surface area contributed by atoms with Crippen LogP contribution in [0.2, 0.25) is 0 Å². The fourth-order valence-electron chi connectivity index (χ4n) is 2.65. The molecule has 0 saturated carbocycles. The van der Waals surface area contributed by atoms with Gasteiger partial charge in [-0.25, -0.2) is 8.42 Å². The Morgan fingerprint density at radius 2 is 1.76 bits per heavy atom. The van der Waals surface area contributed by atoms with Gasteiger partial charge in [0.25, 0.3) is 0 Å². The number of halogens is 1. The number of aliphatic imine (C=N–C) groups is 1.